The Morgan fingerprint density at radius 1 is 1.12 bits per heavy atom. The van der Waals surface area contributed by atoms with Crippen LogP contribution in [-0.2, 0) is 14.2 Å². The number of hydrogen-bond donors (Lipinski definition) is 1. The monoisotopic (exact) mass is 418 g/mol. The first-order valence-corrected chi connectivity index (χ1v) is 9.03. The van der Waals surface area contributed by atoms with Crippen molar-refractivity contribution in [3.63, 3.8) is 0 Å². The van der Waals surface area contributed by atoms with Crippen LogP contribution in [0.4, 0.5) is 4.79 Å². The van der Waals surface area contributed by atoms with Gasteiger partial charge in [-0.15, -0.1) is 0 Å². The Kier molecular flexibility index (Phi) is 10.4. The van der Waals surface area contributed by atoms with Gasteiger partial charge in [0.15, 0.2) is 0 Å². The van der Waals surface area contributed by atoms with Crippen molar-refractivity contribution in [3.05, 3.63) is 22.8 Å². The minimum atomic E-state index is -0.477. The molecule has 1 amide bonds. The highest BCUT2D eigenvalue weighted by Crippen LogP contribution is 2.11. The van der Waals surface area contributed by atoms with Crippen LogP contribution in [0.2, 0.25) is 0 Å². The predicted octanol–water partition coefficient (Wildman–Crippen LogP) is 3.17. The number of alkyl carbamates (subject to hydrolysis) is 1. The van der Waals surface area contributed by atoms with E-state index in [1.807, 2.05) is 26.8 Å². The van der Waals surface area contributed by atoms with Gasteiger partial charge in [0.1, 0.15) is 12.2 Å². The summed E-state index contributed by atoms with van der Waals surface area (Å²) < 4.78 is 22.3. The molecule has 0 radical (unpaired) electrons. The van der Waals surface area contributed by atoms with Crippen molar-refractivity contribution in [2.45, 2.75) is 32.8 Å². The Morgan fingerprint density at radius 3 is 2.44 bits per heavy atom. The number of ether oxygens (including phenoxy) is 4. The number of carbonyl (C=O) groups excluding carboxylic acids is 1. The van der Waals surface area contributed by atoms with E-state index in [4.69, 9.17) is 18.9 Å². The fourth-order valence-corrected chi connectivity index (χ4v) is 1.89. The molecule has 1 rings (SSSR count). The molecule has 1 aromatic rings. The van der Waals surface area contributed by atoms with Gasteiger partial charge >= 0.3 is 6.09 Å². The lowest BCUT2D eigenvalue weighted by molar-refractivity contribution is 0.0340. The van der Waals surface area contributed by atoms with E-state index in [0.29, 0.717) is 45.5 Å². The highest BCUT2D eigenvalue weighted by molar-refractivity contribution is 9.10. The molecule has 0 saturated heterocycles. The zero-order valence-corrected chi connectivity index (χ0v) is 16.6. The number of pyridine rings is 1. The second-order valence-corrected chi connectivity index (χ2v) is 7.09. The SMILES string of the molecule is CC(C)(C)OC(=O)NCCCOCCOCCOc1ccc(Br)cn1. The zero-order valence-electron chi connectivity index (χ0n) is 15.0. The summed E-state index contributed by atoms with van der Waals surface area (Å²) >= 11 is 3.31. The van der Waals surface area contributed by atoms with E-state index < -0.39 is 11.7 Å². The van der Waals surface area contributed by atoms with Crippen LogP contribution in [0, 0.1) is 0 Å². The summed E-state index contributed by atoms with van der Waals surface area (Å²) in [5, 5.41) is 2.68. The van der Waals surface area contributed by atoms with Crippen LogP contribution in [0.3, 0.4) is 0 Å². The molecule has 0 atom stereocenters. The van der Waals surface area contributed by atoms with Crippen molar-refractivity contribution in [3.8, 4) is 5.88 Å². The minimum absolute atomic E-state index is 0.406. The molecule has 1 heterocycles. The molecule has 0 fully saturated rings. The maximum atomic E-state index is 11.4. The van der Waals surface area contributed by atoms with Gasteiger partial charge < -0.3 is 24.3 Å². The number of aromatic nitrogens is 1. The van der Waals surface area contributed by atoms with Gasteiger partial charge in [-0.1, -0.05) is 0 Å². The van der Waals surface area contributed by atoms with Gasteiger partial charge in [0.2, 0.25) is 5.88 Å². The Hall–Kier alpha value is -1.38. The van der Waals surface area contributed by atoms with Crippen LogP contribution in [0.1, 0.15) is 27.2 Å². The van der Waals surface area contributed by atoms with Gasteiger partial charge in [-0.05, 0) is 49.2 Å². The lowest BCUT2D eigenvalue weighted by Gasteiger charge is -2.19. The summed E-state index contributed by atoms with van der Waals surface area (Å²) in [6.07, 6.45) is 2.00. The number of nitrogens with one attached hydrogen (secondary N) is 1. The van der Waals surface area contributed by atoms with Crippen LogP contribution in [0.25, 0.3) is 0 Å². The van der Waals surface area contributed by atoms with Crippen LogP contribution in [0.15, 0.2) is 22.8 Å². The van der Waals surface area contributed by atoms with Crippen molar-refractivity contribution in [1.82, 2.24) is 10.3 Å². The van der Waals surface area contributed by atoms with Crippen molar-refractivity contribution in [1.29, 1.82) is 0 Å². The Bertz CT molecular complexity index is 491. The average Bonchev–Trinajstić information content (AvgIpc) is 2.52. The van der Waals surface area contributed by atoms with Gasteiger partial charge in [0.05, 0.1) is 19.8 Å². The molecule has 7 nitrogen and oxygen atoms in total. The van der Waals surface area contributed by atoms with E-state index in [1.54, 1.807) is 12.3 Å². The van der Waals surface area contributed by atoms with E-state index in [0.717, 1.165) is 10.9 Å². The Morgan fingerprint density at radius 2 is 1.80 bits per heavy atom. The summed E-state index contributed by atoms with van der Waals surface area (Å²) in [5.74, 6) is 0.570. The fourth-order valence-electron chi connectivity index (χ4n) is 1.65. The Labute approximate surface area is 157 Å². The number of rotatable bonds is 11. The van der Waals surface area contributed by atoms with Gasteiger partial charge in [-0.25, -0.2) is 9.78 Å². The molecule has 0 saturated carbocycles. The lowest BCUT2D eigenvalue weighted by Crippen LogP contribution is -2.33. The molecule has 0 bridgehead atoms. The fraction of sp³-hybridized carbons (Fsp3) is 0.647. The van der Waals surface area contributed by atoms with Crippen molar-refractivity contribution < 1.29 is 23.7 Å². The molecule has 0 aliphatic heterocycles. The standard InChI is InChI=1S/C17H27BrN2O5/c1-17(2,3)25-16(21)19-7-4-8-22-9-10-23-11-12-24-15-6-5-14(18)13-20-15/h5-6,13H,4,7-12H2,1-3H3,(H,19,21). The number of halogens is 1. The number of nitrogens with zero attached hydrogens (tertiary/aromatic N) is 1. The molecule has 1 aromatic heterocycles. The van der Waals surface area contributed by atoms with Crippen LogP contribution < -0.4 is 10.1 Å². The van der Waals surface area contributed by atoms with Crippen molar-refractivity contribution in [2.24, 2.45) is 0 Å². The molecule has 0 aliphatic rings. The quantitative estimate of drug-likeness (QED) is 0.555. The molecule has 1 N–H and O–H groups in total. The predicted molar refractivity (Wildman–Crippen MR) is 97.9 cm³/mol. The second kappa shape index (κ2) is 12.1. The third kappa shape index (κ3) is 12.6. The topological polar surface area (TPSA) is 78.9 Å². The maximum Gasteiger partial charge on any atom is 0.407 e. The number of carbonyl (C=O) groups is 1. The molecule has 0 spiro atoms. The molecule has 142 valence electrons. The molecule has 0 unspecified atom stereocenters. The third-order valence-corrected chi connectivity index (χ3v) is 3.15. The first-order valence-electron chi connectivity index (χ1n) is 8.23. The van der Waals surface area contributed by atoms with E-state index in [2.05, 4.69) is 26.2 Å². The van der Waals surface area contributed by atoms with Crippen LogP contribution in [0.5, 0.6) is 5.88 Å². The average molecular weight is 419 g/mol. The molecular formula is C17H27BrN2O5. The van der Waals surface area contributed by atoms with Gasteiger partial charge in [0, 0.05) is 29.9 Å². The van der Waals surface area contributed by atoms with Crippen molar-refractivity contribution in [2.75, 3.05) is 39.6 Å². The molecule has 0 aliphatic carbocycles. The molecule has 8 heteroatoms. The van der Waals surface area contributed by atoms with Gasteiger partial charge in [-0.2, -0.15) is 0 Å². The smallest absolute Gasteiger partial charge is 0.407 e. The van der Waals surface area contributed by atoms with E-state index >= 15 is 0 Å². The van der Waals surface area contributed by atoms with Crippen LogP contribution in [-0.4, -0.2) is 56.3 Å². The normalized spacial score (nSPS) is 11.2. The summed E-state index contributed by atoms with van der Waals surface area (Å²) in [4.78, 5) is 15.5. The van der Waals surface area contributed by atoms with Gasteiger partial charge in [0.25, 0.3) is 0 Å². The zero-order chi connectivity index (χ0) is 18.5. The largest absolute Gasteiger partial charge is 0.475 e. The van der Waals surface area contributed by atoms with Gasteiger partial charge in [-0.3, -0.25) is 0 Å². The highest BCUT2D eigenvalue weighted by atomic mass is 79.9. The van der Waals surface area contributed by atoms with E-state index in [-0.39, 0.29) is 0 Å². The number of hydrogen-bond acceptors (Lipinski definition) is 6. The third-order valence-electron chi connectivity index (χ3n) is 2.68. The maximum absolute atomic E-state index is 11.4. The summed E-state index contributed by atoms with van der Waals surface area (Å²) in [6.45, 7) is 8.47. The summed E-state index contributed by atoms with van der Waals surface area (Å²) in [7, 11) is 0. The molecule has 25 heavy (non-hydrogen) atoms. The molecular weight excluding hydrogens is 392 g/mol. The van der Waals surface area contributed by atoms with Crippen LogP contribution >= 0.6 is 15.9 Å². The highest BCUT2D eigenvalue weighted by Gasteiger charge is 2.15. The van der Waals surface area contributed by atoms with E-state index in [1.165, 1.54) is 0 Å². The first-order chi connectivity index (χ1) is 11.9. The second-order valence-electron chi connectivity index (χ2n) is 6.17. The summed E-state index contributed by atoms with van der Waals surface area (Å²) in [6, 6.07) is 3.66. The molecule has 0 aromatic carbocycles. The summed E-state index contributed by atoms with van der Waals surface area (Å²) in [5.41, 5.74) is -0.477. The number of amides is 1. The van der Waals surface area contributed by atoms with Crippen molar-refractivity contribution >= 4 is 22.0 Å². The Balaban J connectivity index is 1.86. The minimum Gasteiger partial charge on any atom is -0.475 e. The first kappa shape index (κ1) is 21.7. The van der Waals surface area contributed by atoms with E-state index in [9.17, 15) is 4.79 Å². The lowest BCUT2D eigenvalue weighted by atomic mass is 10.2.